The summed E-state index contributed by atoms with van der Waals surface area (Å²) in [4.78, 5) is 0. The smallest absolute Gasteiger partial charge is 0.0331 e. The molecule has 2 heteroatoms. The van der Waals surface area contributed by atoms with Crippen molar-refractivity contribution in [1.29, 1.82) is 0 Å². The van der Waals surface area contributed by atoms with Crippen LogP contribution >= 0.6 is 15.9 Å². The molecule has 0 saturated heterocycles. The van der Waals surface area contributed by atoms with Gasteiger partial charge in [-0.15, -0.1) is 6.58 Å². The van der Waals surface area contributed by atoms with Crippen LogP contribution in [0.25, 0.3) is 0 Å². The van der Waals surface area contributed by atoms with Crippen LogP contribution in [0.1, 0.15) is 24.4 Å². The van der Waals surface area contributed by atoms with Crippen molar-refractivity contribution in [1.82, 2.24) is 5.32 Å². The van der Waals surface area contributed by atoms with Gasteiger partial charge in [-0.2, -0.15) is 0 Å². The Hall–Kier alpha value is -0.600. The van der Waals surface area contributed by atoms with E-state index in [0.717, 1.165) is 12.8 Å². The second-order valence-electron chi connectivity index (χ2n) is 3.23. The zero-order valence-electron chi connectivity index (χ0n) is 8.46. The van der Waals surface area contributed by atoms with E-state index >= 15 is 0 Å². The first kappa shape index (κ1) is 11.5. The molecular formula is C12H16BrN. The van der Waals surface area contributed by atoms with E-state index in [1.165, 1.54) is 10.0 Å². The Morgan fingerprint density at radius 3 is 2.79 bits per heavy atom. The number of halogens is 1. The van der Waals surface area contributed by atoms with E-state index in [1.54, 1.807) is 0 Å². The van der Waals surface area contributed by atoms with E-state index in [2.05, 4.69) is 46.0 Å². The summed E-state index contributed by atoms with van der Waals surface area (Å²) in [5, 5.41) is 3.32. The highest BCUT2D eigenvalue weighted by molar-refractivity contribution is 9.10. The second-order valence-corrected chi connectivity index (χ2v) is 4.08. The number of hydrogen-bond acceptors (Lipinski definition) is 1. The van der Waals surface area contributed by atoms with E-state index in [-0.39, 0.29) is 0 Å². The minimum atomic E-state index is 0.406. The molecule has 0 bridgehead atoms. The lowest BCUT2D eigenvalue weighted by Crippen LogP contribution is -2.16. The van der Waals surface area contributed by atoms with Crippen molar-refractivity contribution in [3.63, 3.8) is 0 Å². The minimum Gasteiger partial charge on any atom is -0.313 e. The monoisotopic (exact) mass is 253 g/mol. The van der Waals surface area contributed by atoms with Crippen molar-refractivity contribution in [3.8, 4) is 0 Å². The summed E-state index contributed by atoms with van der Waals surface area (Å²) < 4.78 is 1.17. The third-order valence-corrected chi connectivity index (χ3v) is 3.01. The number of benzene rings is 1. The first-order valence-electron chi connectivity index (χ1n) is 4.82. The van der Waals surface area contributed by atoms with Gasteiger partial charge in [0, 0.05) is 10.5 Å². The lowest BCUT2D eigenvalue weighted by Gasteiger charge is -2.17. The molecule has 1 unspecified atom stereocenters. The van der Waals surface area contributed by atoms with Crippen LogP contribution < -0.4 is 5.32 Å². The lowest BCUT2D eigenvalue weighted by molar-refractivity contribution is 0.553. The zero-order valence-corrected chi connectivity index (χ0v) is 10.0. The molecule has 0 aliphatic heterocycles. The predicted molar refractivity (Wildman–Crippen MR) is 65.4 cm³/mol. The van der Waals surface area contributed by atoms with E-state index in [4.69, 9.17) is 0 Å². The highest BCUT2D eigenvalue weighted by atomic mass is 79.9. The average molecular weight is 254 g/mol. The van der Waals surface area contributed by atoms with E-state index in [9.17, 15) is 0 Å². The van der Waals surface area contributed by atoms with Gasteiger partial charge in [0.15, 0.2) is 0 Å². The quantitative estimate of drug-likeness (QED) is 0.790. The molecule has 0 amide bonds. The SMILES string of the molecule is C=CCCC(NC)c1ccccc1Br. The fourth-order valence-corrected chi connectivity index (χ4v) is 2.06. The van der Waals surface area contributed by atoms with Crippen molar-refractivity contribution < 1.29 is 0 Å². The van der Waals surface area contributed by atoms with Crippen LogP contribution in [0.4, 0.5) is 0 Å². The Labute approximate surface area is 94.3 Å². The minimum absolute atomic E-state index is 0.406. The summed E-state index contributed by atoms with van der Waals surface area (Å²) in [7, 11) is 1.99. The second kappa shape index (κ2) is 5.99. The van der Waals surface area contributed by atoms with Gasteiger partial charge in [0.2, 0.25) is 0 Å². The maximum absolute atomic E-state index is 3.74. The van der Waals surface area contributed by atoms with Gasteiger partial charge in [0.25, 0.3) is 0 Å². The number of allylic oxidation sites excluding steroid dienone is 1. The summed E-state index contributed by atoms with van der Waals surface area (Å²) in [6, 6.07) is 8.73. The molecule has 1 nitrogen and oxygen atoms in total. The van der Waals surface area contributed by atoms with Crippen LogP contribution in [0.15, 0.2) is 41.4 Å². The fraction of sp³-hybridized carbons (Fsp3) is 0.333. The van der Waals surface area contributed by atoms with Crippen molar-refractivity contribution in [2.75, 3.05) is 7.05 Å². The summed E-state index contributed by atoms with van der Waals surface area (Å²) in [6.45, 7) is 3.74. The molecule has 0 aliphatic carbocycles. The third kappa shape index (κ3) is 2.96. The van der Waals surface area contributed by atoms with Crippen LogP contribution in [-0.4, -0.2) is 7.05 Å². The maximum atomic E-state index is 3.74. The molecule has 1 atom stereocenters. The van der Waals surface area contributed by atoms with Gasteiger partial charge in [-0.25, -0.2) is 0 Å². The molecule has 0 radical (unpaired) electrons. The van der Waals surface area contributed by atoms with Crippen LogP contribution in [0.3, 0.4) is 0 Å². The Morgan fingerprint density at radius 2 is 2.21 bits per heavy atom. The maximum Gasteiger partial charge on any atom is 0.0331 e. The Balaban J connectivity index is 2.78. The summed E-state index contributed by atoms with van der Waals surface area (Å²) >= 11 is 3.56. The molecule has 1 aromatic carbocycles. The largest absolute Gasteiger partial charge is 0.313 e. The zero-order chi connectivity index (χ0) is 10.4. The molecule has 76 valence electrons. The molecule has 1 rings (SSSR count). The van der Waals surface area contributed by atoms with Gasteiger partial charge in [-0.3, -0.25) is 0 Å². The third-order valence-electron chi connectivity index (χ3n) is 2.29. The highest BCUT2D eigenvalue weighted by Crippen LogP contribution is 2.25. The molecule has 14 heavy (non-hydrogen) atoms. The number of nitrogens with one attached hydrogen (secondary N) is 1. The van der Waals surface area contributed by atoms with Crippen LogP contribution in [-0.2, 0) is 0 Å². The van der Waals surface area contributed by atoms with Gasteiger partial charge in [-0.1, -0.05) is 40.2 Å². The molecule has 0 spiro atoms. The molecule has 0 fully saturated rings. The molecule has 0 aromatic heterocycles. The molecule has 1 N–H and O–H groups in total. The van der Waals surface area contributed by atoms with Crippen LogP contribution in [0, 0.1) is 0 Å². The lowest BCUT2D eigenvalue weighted by atomic mass is 10.0. The molecule has 0 aliphatic rings. The van der Waals surface area contributed by atoms with Crippen molar-refractivity contribution in [2.24, 2.45) is 0 Å². The Kier molecular flexibility index (Phi) is 4.91. The van der Waals surface area contributed by atoms with E-state index < -0.39 is 0 Å². The molecular weight excluding hydrogens is 238 g/mol. The number of hydrogen-bond donors (Lipinski definition) is 1. The molecule has 1 aromatic rings. The summed E-state index contributed by atoms with van der Waals surface area (Å²) in [6.07, 6.45) is 4.08. The summed E-state index contributed by atoms with van der Waals surface area (Å²) in [5.41, 5.74) is 1.32. The first-order chi connectivity index (χ1) is 6.79. The standard InChI is InChI=1S/C12H16BrN/c1-3-4-9-12(14-2)10-7-5-6-8-11(10)13/h3,5-8,12,14H,1,4,9H2,2H3. The Morgan fingerprint density at radius 1 is 1.50 bits per heavy atom. The van der Waals surface area contributed by atoms with Gasteiger partial charge < -0.3 is 5.32 Å². The van der Waals surface area contributed by atoms with E-state index in [0.29, 0.717) is 6.04 Å². The Bertz CT molecular complexity index is 296. The normalized spacial score (nSPS) is 12.4. The molecule has 0 heterocycles. The van der Waals surface area contributed by atoms with Crippen molar-refractivity contribution in [3.05, 3.63) is 47.0 Å². The predicted octanol–water partition coefficient (Wildman–Crippen LogP) is 3.68. The number of rotatable bonds is 5. The van der Waals surface area contributed by atoms with Gasteiger partial charge in [-0.05, 0) is 31.5 Å². The van der Waals surface area contributed by atoms with E-state index in [1.807, 2.05) is 19.2 Å². The summed E-state index contributed by atoms with van der Waals surface area (Å²) in [5.74, 6) is 0. The van der Waals surface area contributed by atoms with Crippen LogP contribution in [0.2, 0.25) is 0 Å². The molecule has 0 saturated carbocycles. The topological polar surface area (TPSA) is 12.0 Å². The average Bonchev–Trinajstić information content (AvgIpc) is 2.21. The van der Waals surface area contributed by atoms with Gasteiger partial charge in [0.05, 0.1) is 0 Å². The van der Waals surface area contributed by atoms with Crippen molar-refractivity contribution in [2.45, 2.75) is 18.9 Å². The fourth-order valence-electron chi connectivity index (χ4n) is 1.50. The first-order valence-corrected chi connectivity index (χ1v) is 5.61. The van der Waals surface area contributed by atoms with Gasteiger partial charge >= 0.3 is 0 Å². The van der Waals surface area contributed by atoms with Gasteiger partial charge in [0.1, 0.15) is 0 Å². The van der Waals surface area contributed by atoms with Crippen molar-refractivity contribution >= 4 is 15.9 Å². The van der Waals surface area contributed by atoms with Crippen LogP contribution in [0.5, 0.6) is 0 Å². The highest BCUT2D eigenvalue weighted by Gasteiger charge is 2.10.